The summed E-state index contributed by atoms with van der Waals surface area (Å²) < 4.78 is 12.6. The van der Waals surface area contributed by atoms with E-state index in [1.807, 2.05) is 13.8 Å². The number of aliphatic hydroxyl groups excluding tert-OH is 1. The summed E-state index contributed by atoms with van der Waals surface area (Å²) in [5.74, 6) is 0.282. The standard InChI is InChI=1S/C33H34N4O5S2/c1-5-41-26-18-24(10-11-25(26)42-17-14-20(2)3)28-27(29(38)23-12-15-34-16-13-23)30(39)31(40)37(28)32-35-36-33(44-32)43-19-22-8-6-21(4)7-9-22/h6-13,15-16,18,20,28,38H,5,14,17,19H2,1-4H3/b29-27+. The summed E-state index contributed by atoms with van der Waals surface area (Å²) in [5, 5.41) is 20.3. The first-order valence-electron chi connectivity index (χ1n) is 14.4. The van der Waals surface area contributed by atoms with Gasteiger partial charge in [0.25, 0.3) is 5.78 Å². The Morgan fingerprint density at radius 2 is 1.77 bits per heavy atom. The van der Waals surface area contributed by atoms with Crippen LogP contribution in [0.5, 0.6) is 11.5 Å². The van der Waals surface area contributed by atoms with Crippen molar-refractivity contribution in [2.24, 2.45) is 5.92 Å². The normalized spacial score (nSPS) is 16.1. The number of rotatable bonds is 12. The van der Waals surface area contributed by atoms with Gasteiger partial charge in [0, 0.05) is 23.7 Å². The fourth-order valence-corrected chi connectivity index (χ4v) is 6.51. The molecule has 1 aliphatic heterocycles. The number of aryl methyl sites for hydroxylation is 1. The molecule has 1 fully saturated rings. The molecule has 1 unspecified atom stereocenters. The Morgan fingerprint density at radius 3 is 2.48 bits per heavy atom. The van der Waals surface area contributed by atoms with Gasteiger partial charge in [-0.3, -0.25) is 19.5 Å². The predicted molar refractivity (Wildman–Crippen MR) is 172 cm³/mol. The van der Waals surface area contributed by atoms with Crippen LogP contribution >= 0.6 is 23.1 Å². The van der Waals surface area contributed by atoms with Crippen LogP contribution in [0.3, 0.4) is 0 Å². The van der Waals surface area contributed by atoms with Crippen LogP contribution in [0.2, 0.25) is 0 Å². The molecular weight excluding hydrogens is 597 g/mol. The molecule has 2 aromatic carbocycles. The fraction of sp³-hybridized carbons (Fsp3) is 0.303. The number of hydrogen-bond acceptors (Lipinski definition) is 10. The molecule has 44 heavy (non-hydrogen) atoms. The lowest BCUT2D eigenvalue weighted by Gasteiger charge is -2.23. The van der Waals surface area contributed by atoms with Gasteiger partial charge in [0.05, 0.1) is 24.8 Å². The van der Waals surface area contributed by atoms with Crippen LogP contribution in [0.25, 0.3) is 5.76 Å². The summed E-state index contributed by atoms with van der Waals surface area (Å²) in [6, 6.07) is 15.7. The van der Waals surface area contributed by atoms with Gasteiger partial charge >= 0.3 is 5.91 Å². The number of pyridine rings is 1. The Labute approximate surface area is 265 Å². The number of ketones is 1. The number of Topliss-reactive ketones (excluding diaryl/α,β-unsaturated/α-hetero) is 1. The molecule has 1 saturated heterocycles. The van der Waals surface area contributed by atoms with Crippen molar-refractivity contribution >= 4 is 45.7 Å². The highest BCUT2D eigenvalue weighted by Crippen LogP contribution is 2.45. The third kappa shape index (κ3) is 6.95. The number of anilines is 1. The monoisotopic (exact) mass is 630 g/mol. The van der Waals surface area contributed by atoms with Crippen molar-refractivity contribution in [3.05, 3.63) is 94.8 Å². The van der Waals surface area contributed by atoms with Crippen LogP contribution < -0.4 is 14.4 Å². The quantitative estimate of drug-likeness (QED) is 0.0582. The summed E-state index contributed by atoms with van der Waals surface area (Å²) in [7, 11) is 0. The van der Waals surface area contributed by atoms with Gasteiger partial charge in [-0.15, -0.1) is 10.2 Å². The van der Waals surface area contributed by atoms with E-state index in [0.717, 1.165) is 12.0 Å². The molecule has 1 atom stereocenters. The number of nitrogens with zero attached hydrogens (tertiary/aromatic N) is 4. The van der Waals surface area contributed by atoms with Gasteiger partial charge in [-0.2, -0.15) is 0 Å². The number of aromatic nitrogens is 3. The SMILES string of the molecule is CCOc1cc(C2/C(=C(\O)c3ccncc3)C(=O)C(=O)N2c2nnc(SCc3ccc(C)cc3)s2)ccc1OCCC(C)C. The van der Waals surface area contributed by atoms with Crippen molar-refractivity contribution in [3.63, 3.8) is 0 Å². The lowest BCUT2D eigenvalue weighted by atomic mass is 9.95. The van der Waals surface area contributed by atoms with E-state index in [1.54, 1.807) is 30.3 Å². The van der Waals surface area contributed by atoms with E-state index < -0.39 is 17.7 Å². The Balaban J connectivity index is 1.54. The van der Waals surface area contributed by atoms with Crippen LogP contribution in [0, 0.1) is 12.8 Å². The van der Waals surface area contributed by atoms with Gasteiger partial charge in [-0.05, 0) is 61.6 Å². The second-order valence-corrected chi connectivity index (χ2v) is 12.9. The molecule has 5 rings (SSSR count). The molecule has 1 amide bonds. The Morgan fingerprint density at radius 1 is 1.02 bits per heavy atom. The van der Waals surface area contributed by atoms with Gasteiger partial charge in [0.1, 0.15) is 5.76 Å². The zero-order valence-electron chi connectivity index (χ0n) is 25.0. The second-order valence-electron chi connectivity index (χ2n) is 10.7. The van der Waals surface area contributed by atoms with Crippen LogP contribution in [0.1, 0.15) is 55.5 Å². The number of ether oxygens (including phenoxy) is 2. The number of amides is 1. The number of aliphatic hydroxyl groups is 1. The number of hydrogen-bond donors (Lipinski definition) is 1. The molecule has 2 aromatic heterocycles. The van der Waals surface area contributed by atoms with Crippen molar-refractivity contribution in [3.8, 4) is 11.5 Å². The van der Waals surface area contributed by atoms with E-state index in [9.17, 15) is 14.7 Å². The summed E-state index contributed by atoms with van der Waals surface area (Å²) in [6.45, 7) is 9.07. The number of carbonyl (C=O) groups is 2. The molecule has 1 N–H and O–H groups in total. The highest BCUT2D eigenvalue weighted by molar-refractivity contribution is 8.00. The highest BCUT2D eigenvalue weighted by atomic mass is 32.2. The lowest BCUT2D eigenvalue weighted by Crippen LogP contribution is -2.29. The summed E-state index contributed by atoms with van der Waals surface area (Å²) >= 11 is 2.72. The predicted octanol–water partition coefficient (Wildman–Crippen LogP) is 6.98. The Bertz CT molecular complexity index is 1650. The molecular formula is C33H34N4O5S2. The summed E-state index contributed by atoms with van der Waals surface area (Å²) in [6.07, 6.45) is 3.90. The molecule has 11 heteroatoms. The van der Waals surface area contributed by atoms with Gasteiger partial charge in [0.15, 0.2) is 15.8 Å². The minimum atomic E-state index is -0.977. The molecule has 0 saturated carbocycles. The van der Waals surface area contributed by atoms with Crippen LogP contribution in [0.4, 0.5) is 5.13 Å². The van der Waals surface area contributed by atoms with E-state index in [4.69, 9.17) is 9.47 Å². The Kier molecular flexibility index (Phi) is 9.96. The third-order valence-corrected chi connectivity index (χ3v) is 9.15. The Hall–Kier alpha value is -4.22. The van der Waals surface area contributed by atoms with E-state index in [1.165, 1.54) is 46.0 Å². The molecule has 228 valence electrons. The minimum absolute atomic E-state index is 0.0545. The first kappa shape index (κ1) is 31.2. The maximum absolute atomic E-state index is 13.6. The largest absolute Gasteiger partial charge is 0.507 e. The van der Waals surface area contributed by atoms with E-state index in [0.29, 0.717) is 51.9 Å². The zero-order valence-corrected chi connectivity index (χ0v) is 26.7. The van der Waals surface area contributed by atoms with Crippen LogP contribution in [-0.4, -0.2) is 45.2 Å². The van der Waals surface area contributed by atoms with Gasteiger partial charge in [0.2, 0.25) is 5.13 Å². The number of thioether (sulfide) groups is 1. The summed E-state index contributed by atoms with van der Waals surface area (Å²) in [4.78, 5) is 32.5. The minimum Gasteiger partial charge on any atom is -0.507 e. The average molecular weight is 631 g/mol. The molecule has 0 spiro atoms. The fourth-order valence-electron chi connectivity index (χ4n) is 4.68. The van der Waals surface area contributed by atoms with Gasteiger partial charge in [-0.25, -0.2) is 0 Å². The average Bonchev–Trinajstić information content (AvgIpc) is 3.59. The van der Waals surface area contributed by atoms with Crippen LogP contribution in [-0.2, 0) is 15.3 Å². The van der Waals surface area contributed by atoms with Crippen LogP contribution in [0.15, 0.2) is 76.9 Å². The summed E-state index contributed by atoms with van der Waals surface area (Å²) in [5.41, 5.74) is 3.19. The molecule has 0 radical (unpaired) electrons. The van der Waals surface area contributed by atoms with Crippen molar-refractivity contribution in [1.82, 2.24) is 15.2 Å². The lowest BCUT2D eigenvalue weighted by molar-refractivity contribution is -0.132. The van der Waals surface area contributed by atoms with E-state index in [2.05, 4.69) is 53.3 Å². The zero-order chi connectivity index (χ0) is 31.2. The molecule has 3 heterocycles. The first-order chi connectivity index (χ1) is 21.3. The van der Waals surface area contributed by atoms with Gasteiger partial charge < -0.3 is 14.6 Å². The van der Waals surface area contributed by atoms with Gasteiger partial charge in [-0.1, -0.05) is 72.8 Å². The molecule has 0 aliphatic carbocycles. The molecule has 9 nitrogen and oxygen atoms in total. The molecule has 0 bridgehead atoms. The van der Waals surface area contributed by atoms with Crippen molar-refractivity contribution < 1.29 is 24.2 Å². The highest BCUT2D eigenvalue weighted by Gasteiger charge is 2.48. The number of benzene rings is 2. The molecule has 4 aromatic rings. The van der Waals surface area contributed by atoms with E-state index in [-0.39, 0.29) is 16.5 Å². The topological polar surface area (TPSA) is 115 Å². The smallest absolute Gasteiger partial charge is 0.301 e. The van der Waals surface area contributed by atoms with E-state index >= 15 is 0 Å². The number of carbonyl (C=O) groups excluding carboxylic acids is 2. The van der Waals surface area contributed by atoms with Crippen molar-refractivity contribution in [1.29, 1.82) is 0 Å². The maximum atomic E-state index is 13.6. The van der Waals surface area contributed by atoms with Crippen molar-refractivity contribution in [2.45, 2.75) is 50.3 Å². The second kappa shape index (κ2) is 14.0. The van der Waals surface area contributed by atoms with Crippen molar-refractivity contribution in [2.75, 3.05) is 18.1 Å². The molecule has 1 aliphatic rings. The first-order valence-corrected chi connectivity index (χ1v) is 16.2. The maximum Gasteiger partial charge on any atom is 0.301 e. The third-order valence-electron chi connectivity index (χ3n) is 7.02.